The van der Waals surface area contributed by atoms with Gasteiger partial charge in [0.2, 0.25) is 0 Å². The molecule has 0 atom stereocenters. The van der Waals surface area contributed by atoms with E-state index in [0.29, 0.717) is 0 Å². The first-order valence-electron chi connectivity index (χ1n) is 13.6. The Labute approximate surface area is 235 Å². The number of aromatic nitrogens is 4. The van der Waals surface area contributed by atoms with Crippen LogP contribution < -0.4 is 10.6 Å². The number of rotatable bonds is 9. The van der Waals surface area contributed by atoms with Crippen molar-refractivity contribution in [3.05, 3.63) is 83.4 Å². The summed E-state index contributed by atoms with van der Waals surface area (Å²) in [6.07, 6.45) is 2.24. The van der Waals surface area contributed by atoms with Crippen LogP contribution in [0.15, 0.2) is 60.7 Å². The van der Waals surface area contributed by atoms with E-state index < -0.39 is 0 Å². The Morgan fingerprint density at radius 2 is 1.03 bits per heavy atom. The van der Waals surface area contributed by atoms with Crippen molar-refractivity contribution < 1.29 is 0 Å². The molecule has 0 unspecified atom stereocenters. The molecule has 7 heteroatoms. The Kier molecular flexibility index (Phi) is 7.89. The van der Waals surface area contributed by atoms with Crippen molar-refractivity contribution in [2.24, 2.45) is 14.1 Å². The minimum Gasteiger partial charge on any atom is -0.342 e. The summed E-state index contributed by atoms with van der Waals surface area (Å²) in [4.78, 5) is 9.77. The third-order valence-electron chi connectivity index (χ3n) is 7.79. The number of nitrogens with one attached hydrogen (secondary N) is 2. The number of halogens is 1. The topological polar surface area (TPSA) is 59.7 Å². The lowest BCUT2D eigenvalue weighted by molar-refractivity contribution is 0.576. The van der Waals surface area contributed by atoms with E-state index in [-0.39, 0.29) is 12.4 Å². The van der Waals surface area contributed by atoms with Crippen LogP contribution in [0.1, 0.15) is 35.6 Å². The van der Waals surface area contributed by atoms with Crippen LogP contribution in [0, 0.1) is 13.8 Å². The molecule has 0 aliphatic heterocycles. The summed E-state index contributed by atoms with van der Waals surface area (Å²) in [7, 11) is 4.26. The highest BCUT2D eigenvalue weighted by molar-refractivity contribution is 6.09. The molecule has 0 amide bonds. The van der Waals surface area contributed by atoms with E-state index in [1.165, 1.54) is 43.6 Å². The van der Waals surface area contributed by atoms with Gasteiger partial charge in [0.05, 0.1) is 33.8 Å². The summed E-state index contributed by atoms with van der Waals surface area (Å²) in [6, 6.07) is 21.7. The molecule has 0 aliphatic carbocycles. The molecule has 4 aromatic heterocycles. The zero-order valence-electron chi connectivity index (χ0n) is 23.2. The van der Waals surface area contributed by atoms with E-state index >= 15 is 0 Å². The highest BCUT2D eigenvalue weighted by Gasteiger charge is 2.13. The normalized spacial score (nSPS) is 11.7. The van der Waals surface area contributed by atoms with Crippen LogP contribution in [0.3, 0.4) is 0 Å². The molecule has 2 aromatic carbocycles. The van der Waals surface area contributed by atoms with Gasteiger partial charge in [-0.2, -0.15) is 0 Å². The first-order chi connectivity index (χ1) is 18.5. The van der Waals surface area contributed by atoms with Crippen molar-refractivity contribution in [1.29, 1.82) is 0 Å². The largest absolute Gasteiger partial charge is 0.342 e. The van der Waals surface area contributed by atoms with Crippen molar-refractivity contribution in [3.63, 3.8) is 0 Å². The van der Waals surface area contributed by atoms with E-state index in [2.05, 4.69) is 108 Å². The summed E-state index contributed by atoms with van der Waals surface area (Å²) in [5.41, 5.74) is 9.36. The SMILES string of the molecule is Cc1nc(CNCCCCNCc2cc3c4ccccc4n(C)c3c(C)n2)cc2c3ccccc3n(C)c12.Cl. The van der Waals surface area contributed by atoms with Gasteiger partial charge < -0.3 is 19.8 Å². The minimum absolute atomic E-state index is 0. The van der Waals surface area contributed by atoms with E-state index in [1.807, 2.05) is 0 Å². The van der Waals surface area contributed by atoms with Gasteiger partial charge in [0.15, 0.2) is 0 Å². The molecule has 0 bridgehead atoms. The molecule has 0 fully saturated rings. The van der Waals surface area contributed by atoms with Gasteiger partial charge in [-0.15, -0.1) is 12.4 Å². The number of pyridine rings is 2. The summed E-state index contributed by atoms with van der Waals surface area (Å²) in [5.74, 6) is 0. The summed E-state index contributed by atoms with van der Waals surface area (Å²) < 4.78 is 4.52. The number of aryl methyl sites for hydroxylation is 4. The molecule has 0 saturated carbocycles. The summed E-state index contributed by atoms with van der Waals surface area (Å²) in [6.45, 7) is 7.78. The van der Waals surface area contributed by atoms with Crippen molar-refractivity contribution in [1.82, 2.24) is 29.7 Å². The predicted molar refractivity (Wildman–Crippen MR) is 166 cm³/mol. The highest BCUT2D eigenvalue weighted by atomic mass is 35.5. The average molecular weight is 541 g/mol. The summed E-state index contributed by atoms with van der Waals surface area (Å²) in [5, 5.41) is 12.4. The van der Waals surface area contributed by atoms with Gasteiger partial charge in [-0.05, 0) is 64.0 Å². The predicted octanol–water partition coefficient (Wildman–Crippen LogP) is 6.46. The molecular formula is C32H37ClN6. The second-order valence-corrected chi connectivity index (χ2v) is 10.4. The van der Waals surface area contributed by atoms with Crippen LogP contribution in [-0.2, 0) is 27.2 Å². The molecule has 4 heterocycles. The number of fused-ring (bicyclic) bond motifs is 6. The van der Waals surface area contributed by atoms with Crippen molar-refractivity contribution in [2.75, 3.05) is 13.1 Å². The molecule has 0 saturated heterocycles. The van der Waals surface area contributed by atoms with Gasteiger partial charge in [-0.1, -0.05) is 36.4 Å². The molecule has 202 valence electrons. The number of benzene rings is 2. The van der Waals surface area contributed by atoms with Gasteiger partial charge in [0, 0.05) is 59.8 Å². The standard InChI is InChI=1S/C32H36N6.ClH/c1-21-31-27(25-11-5-7-13-29(25)37(31)3)17-23(35-21)19-33-15-9-10-16-34-20-24-18-28-26-12-6-8-14-30(26)38(4)32(28)22(2)36-24;/h5-8,11-14,17-18,33-34H,9-10,15-16,19-20H2,1-4H3;1H. The zero-order valence-corrected chi connectivity index (χ0v) is 24.0. The van der Waals surface area contributed by atoms with Crippen LogP contribution in [0.4, 0.5) is 0 Å². The second-order valence-electron chi connectivity index (χ2n) is 10.4. The number of nitrogens with zero attached hydrogens (tertiary/aromatic N) is 4. The van der Waals surface area contributed by atoms with Crippen LogP contribution in [-0.4, -0.2) is 32.2 Å². The van der Waals surface area contributed by atoms with Gasteiger partial charge in [0.1, 0.15) is 0 Å². The first kappa shape index (κ1) is 27.1. The van der Waals surface area contributed by atoms with Crippen molar-refractivity contribution in [3.8, 4) is 0 Å². The van der Waals surface area contributed by atoms with E-state index in [0.717, 1.165) is 61.8 Å². The number of hydrogen-bond donors (Lipinski definition) is 2. The Morgan fingerprint density at radius 3 is 1.46 bits per heavy atom. The first-order valence-corrected chi connectivity index (χ1v) is 13.6. The van der Waals surface area contributed by atoms with Crippen LogP contribution >= 0.6 is 12.4 Å². The van der Waals surface area contributed by atoms with Gasteiger partial charge in [-0.3, -0.25) is 9.97 Å². The third-order valence-corrected chi connectivity index (χ3v) is 7.79. The fourth-order valence-electron chi connectivity index (χ4n) is 6.06. The van der Waals surface area contributed by atoms with E-state index in [9.17, 15) is 0 Å². The Morgan fingerprint density at radius 1 is 0.615 bits per heavy atom. The van der Waals surface area contributed by atoms with Gasteiger partial charge in [0.25, 0.3) is 0 Å². The molecule has 6 nitrogen and oxygen atoms in total. The summed E-state index contributed by atoms with van der Waals surface area (Å²) >= 11 is 0. The number of unbranched alkanes of at least 4 members (excludes halogenated alkanes) is 1. The minimum atomic E-state index is 0. The Hall–Kier alpha value is -3.45. The second kappa shape index (κ2) is 11.3. The zero-order chi connectivity index (χ0) is 26.2. The molecule has 0 spiro atoms. The quantitative estimate of drug-likeness (QED) is 0.206. The lowest BCUT2D eigenvalue weighted by atomic mass is 10.1. The third kappa shape index (κ3) is 5.00. The Balaban J connectivity index is 0.00000308. The maximum atomic E-state index is 4.88. The highest BCUT2D eigenvalue weighted by Crippen LogP contribution is 2.31. The maximum absolute atomic E-state index is 4.88. The van der Waals surface area contributed by atoms with E-state index in [4.69, 9.17) is 9.97 Å². The molecule has 6 aromatic rings. The lowest BCUT2D eigenvalue weighted by Gasteiger charge is -2.09. The lowest BCUT2D eigenvalue weighted by Crippen LogP contribution is -2.19. The van der Waals surface area contributed by atoms with Crippen molar-refractivity contribution in [2.45, 2.75) is 39.8 Å². The molecule has 2 N–H and O–H groups in total. The van der Waals surface area contributed by atoms with Crippen LogP contribution in [0.5, 0.6) is 0 Å². The average Bonchev–Trinajstić information content (AvgIpc) is 3.38. The van der Waals surface area contributed by atoms with Gasteiger partial charge >= 0.3 is 0 Å². The Bertz CT molecular complexity index is 1650. The fraction of sp³-hybridized carbons (Fsp3) is 0.312. The molecule has 39 heavy (non-hydrogen) atoms. The molecule has 0 radical (unpaired) electrons. The fourth-order valence-corrected chi connectivity index (χ4v) is 6.06. The number of hydrogen-bond acceptors (Lipinski definition) is 4. The smallest absolute Gasteiger partial charge is 0.0705 e. The molecular weight excluding hydrogens is 504 g/mol. The molecule has 0 aliphatic rings. The molecule has 6 rings (SSSR count). The van der Waals surface area contributed by atoms with Crippen LogP contribution in [0.25, 0.3) is 43.6 Å². The van der Waals surface area contributed by atoms with Gasteiger partial charge in [-0.25, -0.2) is 0 Å². The van der Waals surface area contributed by atoms with Crippen molar-refractivity contribution >= 4 is 56.0 Å². The van der Waals surface area contributed by atoms with Crippen LogP contribution in [0.2, 0.25) is 0 Å². The monoisotopic (exact) mass is 540 g/mol. The van der Waals surface area contributed by atoms with E-state index in [1.54, 1.807) is 0 Å². The maximum Gasteiger partial charge on any atom is 0.0705 e. The number of para-hydroxylation sites is 2.